The molecule has 1 aromatic heterocycles. The summed E-state index contributed by atoms with van der Waals surface area (Å²) in [5.74, 6) is -3.85. The molecule has 38 heavy (non-hydrogen) atoms. The second kappa shape index (κ2) is 12.9. The van der Waals surface area contributed by atoms with Crippen molar-refractivity contribution in [2.24, 2.45) is 0 Å². The van der Waals surface area contributed by atoms with E-state index >= 15 is 0 Å². The summed E-state index contributed by atoms with van der Waals surface area (Å²) < 4.78 is 52.9. The van der Waals surface area contributed by atoms with Crippen molar-refractivity contribution >= 4 is 28.4 Å². The Hall–Kier alpha value is -4.09. The quantitative estimate of drug-likeness (QED) is 0.250. The van der Waals surface area contributed by atoms with Crippen LogP contribution in [0.3, 0.4) is 0 Å². The molecule has 1 aliphatic heterocycles. The number of hydrogen-bond donors (Lipinski definition) is 3. The van der Waals surface area contributed by atoms with Crippen LogP contribution in [0.15, 0.2) is 47.3 Å². The zero-order valence-electron chi connectivity index (χ0n) is 21.5. The highest BCUT2D eigenvalue weighted by molar-refractivity contribution is 6.04. The van der Waals surface area contributed by atoms with Crippen molar-refractivity contribution in [3.05, 3.63) is 75.5 Å². The summed E-state index contributed by atoms with van der Waals surface area (Å²) in [6, 6.07) is 10.7. The van der Waals surface area contributed by atoms with Gasteiger partial charge < -0.3 is 9.80 Å². The fourth-order valence-electron chi connectivity index (χ4n) is 3.79. The van der Waals surface area contributed by atoms with Crippen molar-refractivity contribution in [1.29, 1.82) is 10.8 Å². The van der Waals surface area contributed by atoms with Gasteiger partial charge in [-0.1, -0.05) is 52.0 Å². The van der Waals surface area contributed by atoms with Gasteiger partial charge in [-0.25, -0.2) is 9.49 Å². The minimum Gasteiger partial charge on any atom is -0.329 e. The van der Waals surface area contributed by atoms with Gasteiger partial charge in [0.15, 0.2) is 0 Å². The number of halogens is 4. The van der Waals surface area contributed by atoms with E-state index in [-0.39, 0.29) is 24.1 Å². The molecule has 8 nitrogen and oxygen atoms in total. The Morgan fingerprint density at radius 2 is 1.68 bits per heavy atom. The third kappa shape index (κ3) is 6.61. The molecule has 0 aliphatic carbocycles. The van der Waals surface area contributed by atoms with E-state index < -0.39 is 42.7 Å². The molecule has 3 aromatic rings. The van der Waals surface area contributed by atoms with Gasteiger partial charge in [0.05, 0.1) is 23.2 Å². The molecule has 0 saturated carbocycles. The number of nitrogens with zero attached hydrogens (tertiary/aromatic N) is 3. The van der Waals surface area contributed by atoms with E-state index in [4.69, 9.17) is 10.8 Å². The van der Waals surface area contributed by atoms with Crippen molar-refractivity contribution in [2.45, 2.75) is 40.3 Å². The SMILES string of the molecule is CC.CC.N=C1CN(C(=O)c2cc(Cc3n[nH]c(=O)c4ccccc34)ccc2F)CCN1C(=N)C(F)(F)F. The third-order valence-electron chi connectivity index (χ3n) is 5.49. The normalized spacial score (nSPS) is 13.3. The first kappa shape index (κ1) is 30.1. The van der Waals surface area contributed by atoms with Crippen LogP contribution in [0.4, 0.5) is 17.6 Å². The van der Waals surface area contributed by atoms with Crippen LogP contribution >= 0.6 is 0 Å². The summed E-state index contributed by atoms with van der Waals surface area (Å²) in [5.41, 5.74) is 0.399. The smallest absolute Gasteiger partial charge is 0.329 e. The molecular formula is C26H30F4N6O2. The number of hydrogen-bond acceptors (Lipinski definition) is 5. The van der Waals surface area contributed by atoms with Crippen LogP contribution < -0.4 is 5.56 Å². The van der Waals surface area contributed by atoms with E-state index in [9.17, 15) is 27.2 Å². The van der Waals surface area contributed by atoms with E-state index in [1.807, 2.05) is 27.7 Å². The van der Waals surface area contributed by atoms with Gasteiger partial charge in [-0.2, -0.15) is 18.3 Å². The fourth-order valence-corrected chi connectivity index (χ4v) is 3.79. The first-order valence-corrected chi connectivity index (χ1v) is 12.1. The topological polar surface area (TPSA) is 117 Å². The van der Waals surface area contributed by atoms with Gasteiger partial charge in [0, 0.05) is 24.9 Å². The van der Waals surface area contributed by atoms with Crippen LogP contribution in [0.1, 0.15) is 49.3 Å². The van der Waals surface area contributed by atoms with E-state index in [0.717, 1.165) is 11.0 Å². The Bertz CT molecular complexity index is 1370. The van der Waals surface area contributed by atoms with E-state index in [0.29, 0.717) is 26.9 Å². The zero-order chi connectivity index (χ0) is 28.6. The second-order valence-corrected chi connectivity index (χ2v) is 7.71. The Balaban J connectivity index is 0.00000121. The highest BCUT2D eigenvalue weighted by atomic mass is 19.4. The van der Waals surface area contributed by atoms with Crippen molar-refractivity contribution in [2.75, 3.05) is 19.6 Å². The minimum atomic E-state index is -4.92. The maximum atomic E-state index is 14.5. The number of amides is 1. The Kier molecular flexibility index (Phi) is 10.3. The highest BCUT2D eigenvalue weighted by Crippen LogP contribution is 2.23. The number of carbonyl (C=O) groups is 1. The first-order chi connectivity index (χ1) is 18.1. The van der Waals surface area contributed by atoms with Crippen LogP contribution in [0.2, 0.25) is 0 Å². The van der Waals surface area contributed by atoms with Crippen molar-refractivity contribution < 1.29 is 22.4 Å². The van der Waals surface area contributed by atoms with Gasteiger partial charge in [-0.05, 0) is 23.8 Å². The lowest BCUT2D eigenvalue weighted by molar-refractivity contribution is -0.0675. The summed E-state index contributed by atoms with van der Waals surface area (Å²) in [6.45, 7) is 6.89. The minimum absolute atomic E-state index is 0.185. The number of alkyl halides is 3. The Morgan fingerprint density at radius 3 is 2.29 bits per heavy atom. The van der Waals surface area contributed by atoms with Gasteiger partial charge in [-0.15, -0.1) is 0 Å². The van der Waals surface area contributed by atoms with Crippen LogP contribution in [-0.4, -0.2) is 63.4 Å². The molecule has 2 heterocycles. The summed E-state index contributed by atoms with van der Waals surface area (Å²) in [4.78, 5) is 26.5. The fraction of sp³-hybridized carbons (Fsp3) is 0.346. The highest BCUT2D eigenvalue weighted by Gasteiger charge is 2.41. The molecular weight excluding hydrogens is 504 g/mol. The van der Waals surface area contributed by atoms with Gasteiger partial charge in [0.1, 0.15) is 11.7 Å². The second-order valence-electron chi connectivity index (χ2n) is 7.71. The predicted octanol–water partition coefficient (Wildman–Crippen LogP) is 4.98. The lowest BCUT2D eigenvalue weighted by atomic mass is 10.0. The summed E-state index contributed by atoms with van der Waals surface area (Å²) in [7, 11) is 0. The van der Waals surface area contributed by atoms with Crippen LogP contribution in [0, 0.1) is 16.6 Å². The lowest BCUT2D eigenvalue weighted by Gasteiger charge is -2.36. The van der Waals surface area contributed by atoms with E-state index in [1.165, 1.54) is 12.1 Å². The van der Waals surface area contributed by atoms with Crippen LogP contribution in [-0.2, 0) is 6.42 Å². The van der Waals surface area contributed by atoms with Gasteiger partial charge in [-0.3, -0.25) is 20.4 Å². The maximum absolute atomic E-state index is 14.5. The summed E-state index contributed by atoms with van der Waals surface area (Å²) in [5, 5.41) is 22.6. The molecule has 1 fully saturated rings. The lowest BCUT2D eigenvalue weighted by Crippen LogP contribution is -2.56. The molecule has 0 radical (unpaired) electrons. The standard InChI is InChI=1S/C22H18F4N6O2.2C2H6/c23-16-6-5-12(10-17-13-3-1-2-4-14(13)19(33)30-29-17)9-15(16)20(34)31-7-8-32(18(27)11-31)21(28)22(24,25)26;2*1-2/h1-6,9,27-28H,7-8,10-11H2,(H,30,33);2*1-2H3. The van der Waals surface area contributed by atoms with E-state index in [2.05, 4.69) is 10.2 Å². The number of H-pyrrole nitrogens is 1. The van der Waals surface area contributed by atoms with Gasteiger partial charge >= 0.3 is 6.18 Å². The third-order valence-corrected chi connectivity index (χ3v) is 5.49. The molecule has 4 rings (SSSR count). The predicted molar refractivity (Wildman–Crippen MR) is 138 cm³/mol. The molecule has 1 aliphatic rings. The number of aromatic nitrogens is 2. The van der Waals surface area contributed by atoms with Gasteiger partial charge in [0.25, 0.3) is 11.5 Å². The number of nitrogens with one attached hydrogen (secondary N) is 3. The molecule has 204 valence electrons. The maximum Gasteiger partial charge on any atom is 0.449 e. The Morgan fingerprint density at radius 1 is 1.05 bits per heavy atom. The van der Waals surface area contributed by atoms with Crippen molar-refractivity contribution in [3.63, 3.8) is 0 Å². The number of amidine groups is 2. The number of aromatic amines is 1. The largest absolute Gasteiger partial charge is 0.449 e. The van der Waals surface area contributed by atoms with Crippen LogP contribution in [0.25, 0.3) is 10.8 Å². The van der Waals surface area contributed by atoms with Crippen molar-refractivity contribution in [3.8, 4) is 0 Å². The summed E-state index contributed by atoms with van der Waals surface area (Å²) in [6.07, 6.45) is -4.73. The molecule has 0 spiro atoms. The monoisotopic (exact) mass is 534 g/mol. The molecule has 3 N–H and O–H groups in total. The molecule has 0 atom stereocenters. The number of piperazine rings is 1. The molecule has 0 unspecified atom stereocenters. The average molecular weight is 535 g/mol. The molecule has 1 amide bonds. The van der Waals surface area contributed by atoms with E-state index in [1.54, 1.807) is 24.3 Å². The number of fused-ring (bicyclic) bond motifs is 1. The molecule has 1 saturated heterocycles. The van der Waals surface area contributed by atoms with Gasteiger partial charge in [0.2, 0.25) is 5.84 Å². The first-order valence-electron chi connectivity index (χ1n) is 12.1. The molecule has 0 bridgehead atoms. The van der Waals surface area contributed by atoms with Crippen molar-refractivity contribution in [1.82, 2.24) is 20.0 Å². The number of benzene rings is 2. The molecule has 2 aromatic carbocycles. The Labute approximate surface area is 217 Å². The number of rotatable bonds is 3. The zero-order valence-corrected chi connectivity index (χ0v) is 21.5. The van der Waals surface area contributed by atoms with Crippen LogP contribution in [0.5, 0.6) is 0 Å². The molecule has 12 heteroatoms. The summed E-state index contributed by atoms with van der Waals surface area (Å²) >= 11 is 0. The average Bonchev–Trinajstić information content (AvgIpc) is 2.92. The number of carbonyl (C=O) groups excluding carboxylic acids is 1.